The Morgan fingerprint density at radius 1 is 1.08 bits per heavy atom. The molecular weight excluding hydrogens is 306 g/mol. The van der Waals surface area contributed by atoms with Gasteiger partial charge in [-0.05, 0) is 43.6 Å². The van der Waals surface area contributed by atoms with Gasteiger partial charge in [0.1, 0.15) is 5.75 Å². The van der Waals surface area contributed by atoms with Gasteiger partial charge in [-0.15, -0.1) is 0 Å². The molecule has 0 atom stereocenters. The maximum absolute atomic E-state index is 11.4. The van der Waals surface area contributed by atoms with Gasteiger partial charge in [-0.1, -0.05) is 12.1 Å². The largest absolute Gasteiger partial charge is 0.508 e. The molecule has 24 heavy (non-hydrogen) atoms. The second-order valence-electron chi connectivity index (χ2n) is 6.39. The van der Waals surface area contributed by atoms with Gasteiger partial charge in [-0.25, -0.2) is 14.8 Å². The summed E-state index contributed by atoms with van der Waals surface area (Å²) in [4.78, 5) is 25.5. The number of aromatic nitrogens is 4. The zero-order valence-corrected chi connectivity index (χ0v) is 13.2. The van der Waals surface area contributed by atoms with Crippen LogP contribution in [0.2, 0.25) is 0 Å². The summed E-state index contributed by atoms with van der Waals surface area (Å²) in [6.07, 6.45) is 4.45. The maximum Gasteiger partial charge on any atom is 0.326 e. The lowest BCUT2D eigenvalue weighted by molar-refractivity contribution is 0.302. The molecule has 1 fully saturated rings. The molecule has 1 aliphatic heterocycles. The van der Waals surface area contributed by atoms with Crippen molar-refractivity contribution >= 4 is 11.3 Å². The molecule has 0 amide bonds. The van der Waals surface area contributed by atoms with E-state index in [-0.39, 0.29) is 16.9 Å². The molecular formula is C17H19N5O2. The number of hydrogen-bond donors (Lipinski definition) is 4. The zero-order valence-electron chi connectivity index (χ0n) is 13.2. The van der Waals surface area contributed by atoms with Gasteiger partial charge in [0.05, 0.1) is 11.9 Å². The molecule has 7 nitrogen and oxygen atoms in total. The molecule has 0 saturated carbocycles. The number of benzene rings is 1. The van der Waals surface area contributed by atoms with E-state index in [2.05, 4.69) is 25.3 Å². The van der Waals surface area contributed by atoms with Crippen LogP contribution in [-0.4, -0.2) is 38.1 Å². The van der Waals surface area contributed by atoms with Crippen molar-refractivity contribution in [1.29, 1.82) is 0 Å². The van der Waals surface area contributed by atoms with Gasteiger partial charge in [0.2, 0.25) is 0 Å². The van der Waals surface area contributed by atoms with E-state index < -0.39 is 0 Å². The maximum atomic E-state index is 11.4. The van der Waals surface area contributed by atoms with Crippen LogP contribution in [0.4, 0.5) is 0 Å². The second kappa shape index (κ2) is 5.76. The van der Waals surface area contributed by atoms with E-state index in [0.717, 1.165) is 38.0 Å². The number of piperidine rings is 1. The molecule has 1 aromatic carbocycles. The number of nitrogens with zero attached hydrogens (tertiary/aromatic N) is 2. The Balaban J connectivity index is 1.72. The first-order valence-corrected chi connectivity index (χ1v) is 8.09. The van der Waals surface area contributed by atoms with Gasteiger partial charge < -0.3 is 10.4 Å². The lowest BCUT2D eigenvalue weighted by Gasteiger charge is -2.38. The molecule has 1 saturated heterocycles. The van der Waals surface area contributed by atoms with Crippen LogP contribution in [0, 0.1) is 0 Å². The third-order valence-electron chi connectivity index (χ3n) is 4.85. The molecule has 2 aromatic heterocycles. The summed E-state index contributed by atoms with van der Waals surface area (Å²) in [5.74, 6) is 0.272. The molecule has 0 unspecified atom stereocenters. The van der Waals surface area contributed by atoms with E-state index in [4.69, 9.17) is 0 Å². The van der Waals surface area contributed by atoms with Crippen LogP contribution in [0.5, 0.6) is 5.75 Å². The highest BCUT2D eigenvalue weighted by molar-refractivity contribution is 5.63. The zero-order chi connectivity index (χ0) is 16.6. The number of phenols is 1. The van der Waals surface area contributed by atoms with Crippen molar-refractivity contribution in [3.63, 3.8) is 0 Å². The van der Waals surface area contributed by atoms with Gasteiger partial charge >= 0.3 is 5.69 Å². The molecule has 1 aliphatic rings. The summed E-state index contributed by atoms with van der Waals surface area (Å²) in [5.41, 5.74) is 2.69. The highest BCUT2D eigenvalue weighted by atomic mass is 16.3. The standard InChI is InChI=1S/C17H19N5O2/c23-13-3-1-11(2-4-13)17(5-7-18-8-6-17)9-12-10-19-14-15(20-12)22-16(24)21-14/h1-4,10,18,23H,5-9H2,(H2,19,20,21,22,24). The van der Waals surface area contributed by atoms with Gasteiger partial charge in [0, 0.05) is 11.8 Å². The number of aromatic hydroxyl groups is 1. The normalized spacial score (nSPS) is 17.2. The van der Waals surface area contributed by atoms with E-state index in [0.29, 0.717) is 11.3 Å². The summed E-state index contributed by atoms with van der Waals surface area (Å²) in [6, 6.07) is 7.45. The fourth-order valence-corrected chi connectivity index (χ4v) is 3.57. The lowest BCUT2D eigenvalue weighted by atomic mass is 9.70. The van der Waals surface area contributed by atoms with Gasteiger partial charge in [-0.3, -0.25) is 9.97 Å². The first-order valence-electron chi connectivity index (χ1n) is 8.09. The first kappa shape index (κ1) is 14.9. The predicted octanol–water partition coefficient (Wildman–Crippen LogP) is 1.22. The van der Waals surface area contributed by atoms with E-state index in [1.165, 1.54) is 5.56 Å². The van der Waals surface area contributed by atoms with Crippen molar-refractivity contribution in [3.05, 3.63) is 52.2 Å². The van der Waals surface area contributed by atoms with Crippen molar-refractivity contribution in [3.8, 4) is 5.75 Å². The fourth-order valence-electron chi connectivity index (χ4n) is 3.57. The van der Waals surface area contributed by atoms with Crippen molar-refractivity contribution in [2.75, 3.05) is 13.1 Å². The van der Waals surface area contributed by atoms with E-state index in [1.54, 1.807) is 18.3 Å². The average molecular weight is 325 g/mol. The Bertz CT molecular complexity index is 907. The topological polar surface area (TPSA) is 107 Å². The van der Waals surface area contributed by atoms with Gasteiger partial charge in [0.25, 0.3) is 0 Å². The quantitative estimate of drug-likeness (QED) is 0.579. The number of fused-ring (bicyclic) bond motifs is 1. The average Bonchev–Trinajstić information content (AvgIpc) is 2.95. The highest BCUT2D eigenvalue weighted by Gasteiger charge is 2.34. The van der Waals surface area contributed by atoms with Crippen molar-refractivity contribution in [2.45, 2.75) is 24.7 Å². The lowest BCUT2D eigenvalue weighted by Crippen LogP contribution is -2.41. The van der Waals surface area contributed by atoms with Crippen molar-refractivity contribution < 1.29 is 5.11 Å². The minimum Gasteiger partial charge on any atom is -0.508 e. The monoisotopic (exact) mass is 325 g/mol. The van der Waals surface area contributed by atoms with E-state index in [1.807, 2.05) is 12.1 Å². The van der Waals surface area contributed by atoms with Crippen LogP contribution in [0.15, 0.2) is 35.3 Å². The molecule has 124 valence electrons. The van der Waals surface area contributed by atoms with Crippen LogP contribution in [0.3, 0.4) is 0 Å². The molecule has 3 aromatic rings. The minimum absolute atomic E-state index is 0.0437. The third kappa shape index (κ3) is 2.67. The molecule has 0 spiro atoms. The number of phenolic OH excluding ortho intramolecular Hbond substituents is 1. The van der Waals surface area contributed by atoms with Crippen LogP contribution in [-0.2, 0) is 11.8 Å². The summed E-state index contributed by atoms with van der Waals surface area (Å²) >= 11 is 0. The Kier molecular flexibility index (Phi) is 3.57. The van der Waals surface area contributed by atoms with Gasteiger partial charge in [0.15, 0.2) is 11.3 Å². The number of rotatable bonds is 3. The third-order valence-corrected chi connectivity index (χ3v) is 4.85. The van der Waals surface area contributed by atoms with Crippen LogP contribution in [0.25, 0.3) is 11.3 Å². The minimum atomic E-state index is -0.294. The Morgan fingerprint density at radius 2 is 1.79 bits per heavy atom. The molecule has 0 radical (unpaired) electrons. The Labute approximate surface area is 138 Å². The molecule has 0 aliphatic carbocycles. The number of hydrogen-bond acceptors (Lipinski definition) is 5. The number of imidazole rings is 1. The van der Waals surface area contributed by atoms with Crippen LogP contribution >= 0.6 is 0 Å². The van der Waals surface area contributed by atoms with Crippen molar-refractivity contribution in [1.82, 2.24) is 25.3 Å². The van der Waals surface area contributed by atoms with E-state index >= 15 is 0 Å². The van der Waals surface area contributed by atoms with Crippen LogP contribution in [0.1, 0.15) is 24.1 Å². The highest BCUT2D eigenvalue weighted by Crippen LogP contribution is 2.37. The first-order chi connectivity index (χ1) is 11.6. The summed E-state index contributed by atoms with van der Waals surface area (Å²) < 4.78 is 0. The fraction of sp³-hybridized carbons (Fsp3) is 0.353. The summed E-state index contributed by atoms with van der Waals surface area (Å²) in [7, 11) is 0. The van der Waals surface area contributed by atoms with Crippen molar-refractivity contribution in [2.24, 2.45) is 0 Å². The Hall–Kier alpha value is -2.67. The second-order valence-corrected chi connectivity index (χ2v) is 6.39. The molecule has 4 rings (SSSR count). The smallest absolute Gasteiger partial charge is 0.326 e. The Morgan fingerprint density at radius 3 is 2.54 bits per heavy atom. The van der Waals surface area contributed by atoms with E-state index in [9.17, 15) is 9.90 Å². The van der Waals surface area contributed by atoms with Crippen LogP contribution < -0.4 is 11.0 Å². The summed E-state index contributed by atoms with van der Waals surface area (Å²) in [5, 5.41) is 13.0. The number of H-pyrrole nitrogens is 2. The molecule has 3 heterocycles. The molecule has 7 heteroatoms. The molecule has 4 N–H and O–H groups in total. The predicted molar refractivity (Wildman–Crippen MR) is 90.1 cm³/mol. The SMILES string of the molecule is O=c1[nH]c2ncc(CC3(c4ccc(O)cc4)CCNCC3)nc2[nH]1. The number of nitrogens with one attached hydrogen (secondary N) is 3. The number of aromatic amines is 2. The van der Waals surface area contributed by atoms with Gasteiger partial charge in [-0.2, -0.15) is 0 Å². The summed E-state index contributed by atoms with van der Waals surface area (Å²) in [6.45, 7) is 1.88. The molecule has 0 bridgehead atoms.